The summed E-state index contributed by atoms with van der Waals surface area (Å²) >= 11 is 1.72. The van der Waals surface area contributed by atoms with Crippen LogP contribution in [0.2, 0.25) is 0 Å². The summed E-state index contributed by atoms with van der Waals surface area (Å²) in [6.45, 7) is 4.61. The van der Waals surface area contributed by atoms with Gasteiger partial charge in [0.25, 0.3) is 5.56 Å². The molecule has 0 aliphatic heterocycles. The quantitative estimate of drug-likeness (QED) is 0.450. The molecule has 3 heterocycles. The highest BCUT2D eigenvalue weighted by molar-refractivity contribution is 7.09. The smallest absolute Gasteiger partial charge is 0.261 e. The maximum Gasteiger partial charge on any atom is 0.261 e. The standard InChI is InChI=1S/C22H20FN3O2S/c1-14-10-19(15(2)26(14)8-7-17-4-3-9-29-17)21(27)12-25-13-24-20-11-16(23)5-6-18(20)22(25)28/h3-6,9-11,13H,7-8,12H2,1-2H3. The fourth-order valence-corrected chi connectivity index (χ4v) is 4.29. The molecule has 1 aromatic carbocycles. The van der Waals surface area contributed by atoms with E-state index in [1.807, 2.05) is 26.0 Å². The second kappa shape index (κ2) is 7.75. The SMILES string of the molecule is Cc1cc(C(=O)Cn2cnc3cc(F)ccc3c2=O)c(C)n1CCc1cccs1. The minimum atomic E-state index is -0.451. The zero-order valence-electron chi connectivity index (χ0n) is 16.2. The van der Waals surface area contributed by atoms with E-state index >= 15 is 0 Å². The summed E-state index contributed by atoms with van der Waals surface area (Å²) in [5, 5.41) is 2.35. The summed E-state index contributed by atoms with van der Waals surface area (Å²) in [5.41, 5.74) is 2.45. The minimum Gasteiger partial charge on any atom is -0.348 e. The Morgan fingerprint density at radius 2 is 2.03 bits per heavy atom. The van der Waals surface area contributed by atoms with Crippen LogP contribution < -0.4 is 5.56 Å². The van der Waals surface area contributed by atoms with Gasteiger partial charge >= 0.3 is 0 Å². The molecule has 0 atom stereocenters. The number of Topliss-reactive ketones (excluding diaryl/α,β-unsaturated/α-hetero) is 1. The first-order valence-electron chi connectivity index (χ1n) is 9.31. The van der Waals surface area contributed by atoms with E-state index in [-0.39, 0.29) is 23.4 Å². The lowest BCUT2D eigenvalue weighted by Gasteiger charge is -2.09. The molecule has 0 fully saturated rings. The van der Waals surface area contributed by atoms with Crippen LogP contribution in [0.15, 0.2) is 52.9 Å². The van der Waals surface area contributed by atoms with Crippen LogP contribution >= 0.6 is 11.3 Å². The van der Waals surface area contributed by atoms with Gasteiger partial charge in [-0.2, -0.15) is 0 Å². The average molecular weight is 409 g/mol. The second-order valence-electron chi connectivity index (χ2n) is 7.03. The molecular weight excluding hydrogens is 389 g/mol. The molecule has 3 aromatic heterocycles. The average Bonchev–Trinajstić information content (AvgIpc) is 3.30. The first-order chi connectivity index (χ1) is 13.9. The Balaban J connectivity index is 1.58. The highest BCUT2D eigenvalue weighted by Gasteiger charge is 2.17. The van der Waals surface area contributed by atoms with Gasteiger partial charge in [-0.15, -0.1) is 11.3 Å². The van der Waals surface area contributed by atoms with Crippen molar-refractivity contribution >= 4 is 28.0 Å². The number of thiophene rings is 1. The third kappa shape index (κ3) is 3.78. The summed E-state index contributed by atoms with van der Waals surface area (Å²) in [6.07, 6.45) is 2.21. The van der Waals surface area contributed by atoms with E-state index in [1.54, 1.807) is 11.3 Å². The van der Waals surface area contributed by atoms with Gasteiger partial charge in [0.2, 0.25) is 0 Å². The van der Waals surface area contributed by atoms with Crippen molar-refractivity contribution < 1.29 is 9.18 Å². The molecule has 0 N–H and O–H groups in total. The summed E-state index contributed by atoms with van der Waals surface area (Å²) in [4.78, 5) is 31.0. The normalized spacial score (nSPS) is 11.3. The number of benzene rings is 1. The Kier molecular flexibility index (Phi) is 5.15. The topological polar surface area (TPSA) is 56.9 Å². The minimum absolute atomic E-state index is 0.103. The molecule has 0 aliphatic carbocycles. The van der Waals surface area contributed by atoms with Crippen molar-refractivity contribution in [2.24, 2.45) is 0 Å². The van der Waals surface area contributed by atoms with Gasteiger partial charge in [0, 0.05) is 34.4 Å². The van der Waals surface area contributed by atoms with E-state index in [9.17, 15) is 14.0 Å². The Hall–Kier alpha value is -3.06. The lowest BCUT2D eigenvalue weighted by Crippen LogP contribution is -2.25. The van der Waals surface area contributed by atoms with Gasteiger partial charge in [-0.25, -0.2) is 9.37 Å². The lowest BCUT2D eigenvalue weighted by atomic mass is 10.1. The predicted molar refractivity (Wildman–Crippen MR) is 112 cm³/mol. The number of carbonyl (C=O) groups is 1. The molecule has 7 heteroatoms. The van der Waals surface area contributed by atoms with Gasteiger partial charge in [-0.1, -0.05) is 6.07 Å². The Morgan fingerprint density at radius 1 is 1.21 bits per heavy atom. The van der Waals surface area contributed by atoms with Crippen LogP contribution in [-0.2, 0) is 19.5 Å². The number of aryl methyl sites for hydroxylation is 2. The van der Waals surface area contributed by atoms with Crippen molar-refractivity contribution in [3.63, 3.8) is 0 Å². The molecule has 0 amide bonds. The molecule has 148 valence electrons. The van der Waals surface area contributed by atoms with Crippen molar-refractivity contribution in [2.75, 3.05) is 0 Å². The molecule has 0 bridgehead atoms. The monoisotopic (exact) mass is 409 g/mol. The zero-order valence-corrected chi connectivity index (χ0v) is 17.0. The molecule has 5 nitrogen and oxygen atoms in total. The van der Waals surface area contributed by atoms with Crippen LogP contribution in [0, 0.1) is 19.7 Å². The number of hydrogen-bond acceptors (Lipinski definition) is 4. The molecule has 29 heavy (non-hydrogen) atoms. The van der Waals surface area contributed by atoms with Gasteiger partial charge in [-0.05, 0) is 49.9 Å². The highest BCUT2D eigenvalue weighted by Crippen LogP contribution is 2.19. The molecule has 4 rings (SSSR count). The molecule has 0 unspecified atom stereocenters. The van der Waals surface area contributed by atoms with E-state index in [1.165, 1.54) is 34.0 Å². The van der Waals surface area contributed by atoms with Crippen molar-refractivity contribution in [3.8, 4) is 0 Å². The maximum atomic E-state index is 13.3. The Bertz CT molecular complexity index is 1260. The van der Waals surface area contributed by atoms with Crippen LogP contribution in [0.25, 0.3) is 10.9 Å². The van der Waals surface area contributed by atoms with Crippen molar-refractivity contribution in [1.82, 2.24) is 14.1 Å². The first-order valence-corrected chi connectivity index (χ1v) is 10.2. The van der Waals surface area contributed by atoms with Crippen molar-refractivity contribution in [1.29, 1.82) is 0 Å². The van der Waals surface area contributed by atoms with Crippen LogP contribution in [0.4, 0.5) is 4.39 Å². The number of fused-ring (bicyclic) bond motifs is 1. The number of ketones is 1. The molecule has 4 aromatic rings. The number of carbonyl (C=O) groups excluding carboxylic acids is 1. The Labute approximate surface area is 171 Å². The number of rotatable bonds is 6. The Morgan fingerprint density at radius 3 is 2.79 bits per heavy atom. The van der Waals surface area contributed by atoms with E-state index in [4.69, 9.17) is 0 Å². The molecule has 0 saturated carbocycles. The second-order valence-corrected chi connectivity index (χ2v) is 8.06. The molecule has 0 spiro atoms. The van der Waals surface area contributed by atoms with Crippen LogP contribution in [0.3, 0.4) is 0 Å². The van der Waals surface area contributed by atoms with Gasteiger partial charge in [0.1, 0.15) is 5.82 Å². The van der Waals surface area contributed by atoms with Crippen molar-refractivity contribution in [3.05, 3.63) is 86.1 Å². The fraction of sp³-hybridized carbons (Fsp3) is 0.227. The fourth-order valence-electron chi connectivity index (χ4n) is 3.59. The predicted octanol–water partition coefficient (Wildman–Crippen LogP) is 4.14. The summed E-state index contributed by atoms with van der Waals surface area (Å²) in [6, 6.07) is 9.85. The molecule has 0 radical (unpaired) electrons. The first kappa shape index (κ1) is 19.3. The van der Waals surface area contributed by atoms with Crippen LogP contribution in [-0.4, -0.2) is 19.9 Å². The van der Waals surface area contributed by atoms with Crippen molar-refractivity contribution in [2.45, 2.75) is 33.4 Å². The summed E-state index contributed by atoms with van der Waals surface area (Å²) < 4.78 is 16.7. The third-order valence-corrected chi connectivity index (χ3v) is 6.07. The number of hydrogen-bond donors (Lipinski definition) is 0. The van der Waals surface area contributed by atoms with Gasteiger partial charge < -0.3 is 4.57 Å². The summed E-state index contributed by atoms with van der Waals surface area (Å²) in [5.74, 6) is -0.598. The molecule has 0 aliphatic rings. The number of halogens is 1. The van der Waals surface area contributed by atoms with Gasteiger partial charge in [0.15, 0.2) is 5.78 Å². The number of nitrogens with zero attached hydrogens (tertiary/aromatic N) is 3. The van der Waals surface area contributed by atoms with Crippen LogP contribution in [0.5, 0.6) is 0 Å². The number of aromatic nitrogens is 3. The van der Waals surface area contributed by atoms with E-state index < -0.39 is 5.82 Å². The largest absolute Gasteiger partial charge is 0.348 e. The summed E-state index contributed by atoms with van der Waals surface area (Å²) in [7, 11) is 0. The van der Waals surface area contributed by atoms with Gasteiger partial charge in [-0.3, -0.25) is 14.2 Å². The van der Waals surface area contributed by atoms with E-state index in [2.05, 4.69) is 21.0 Å². The zero-order chi connectivity index (χ0) is 20.5. The molecular formula is C22H20FN3O2S. The highest BCUT2D eigenvalue weighted by atomic mass is 32.1. The third-order valence-electron chi connectivity index (χ3n) is 5.14. The molecule has 0 saturated heterocycles. The van der Waals surface area contributed by atoms with E-state index in [0.717, 1.165) is 24.4 Å². The maximum absolute atomic E-state index is 13.3. The van der Waals surface area contributed by atoms with Crippen LogP contribution in [0.1, 0.15) is 26.6 Å². The van der Waals surface area contributed by atoms with Gasteiger partial charge in [0.05, 0.1) is 23.8 Å². The van der Waals surface area contributed by atoms with E-state index in [0.29, 0.717) is 10.9 Å². The lowest BCUT2D eigenvalue weighted by molar-refractivity contribution is 0.0970.